The van der Waals surface area contributed by atoms with E-state index in [4.69, 9.17) is 4.42 Å². The van der Waals surface area contributed by atoms with E-state index in [0.29, 0.717) is 5.76 Å². The van der Waals surface area contributed by atoms with Crippen LogP contribution in [-0.4, -0.2) is 37.0 Å². The monoisotopic (exact) mass is 194 g/mol. The number of hydrogen-bond acceptors (Lipinski definition) is 3. The lowest BCUT2D eigenvalue weighted by Crippen LogP contribution is -2.46. The molecule has 14 heavy (non-hydrogen) atoms. The van der Waals surface area contributed by atoms with E-state index in [9.17, 15) is 4.79 Å². The number of amides is 1. The zero-order valence-electron chi connectivity index (χ0n) is 8.25. The fourth-order valence-electron chi connectivity index (χ4n) is 1.57. The molecule has 1 aliphatic rings. The van der Waals surface area contributed by atoms with Gasteiger partial charge in [-0.25, -0.2) is 0 Å². The van der Waals surface area contributed by atoms with Crippen LogP contribution in [0.4, 0.5) is 0 Å². The first-order valence-corrected chi connectivity index (χ1v) is 4.84. The van der Waals surface area contributed by atoms with Gasteiger partial charge in [0.25, 0.3) is 5.91 Å². The molecule has 0 aliphatic carbocycles. The highest BCUT2D eigenvalue weighted by atomic mass is 16.3. The summed E-state index contributed by atoms with van der Waals surface area (Å²) < 4.78 is 5.29. The molecule has 4 nitrogen and oxygen atoms in total. The molecule has 2 rings (SSSR count). The van der Waals surface area contributed by atoms with Gasteiger partial charge < -0.3 is 14.6 Å². The molecule has 0 atom stereocenters. The van der Waals surface area contributed by atoms with E-state index in [2.05, 4.69) is 5.32 Å². The van der Waals surface area contributed by atoms with Gasteiger partial charge in [-0.15, -0.1) is 0 Å². The number of carbonyl (C=O) groups is 1. The third kappa shape index (κ3) is 1.80. The third-order valence-electron chi connectivity index (χ3n) is 2.36. The first kappa shape index (κ1) is 9.27. The molecule has 0 radical (unpaired) electrons. The largest absolute Gasteiger partial charge is 0.456 e. The molecule has 1 aromatic rings. The quantitative estimate of drug-likeness (QED) is 0.713. The van der Waals surface area contributed by atoms with Crippen LogP contribution in [0.2, 0.25) is 0 Å². The van der Waals surface area contributed by atoms with E-state index in [0.717, 1.165) is 31.9 Å². The number of carbonyl (C=O) groups excluding carboxylic acids is 1. The molecule has 1 aromatic heterocycles. The first-order valence-electron chi connectivity index (χ1n) is 4.84. The SMILES string of the molecule is Cc1ccc(C(=O)N2CCNCC2)o1. The van der Waals surface area contributed by atoms with E-state index >= 15 is 0 Å². The predicted molar refractivity (Wildman–Crippen MR) is 52.2 cm³/mol. The van der Waals surface area contributed by atoms with Crippen molar-refractivity contribution in [1.82, 2.24) is 10.2 Å². The van der Waals surface area contributed by atoms with Crippen LogP contribution in [0.15, 0.2) is 16.5 Å². The zero-order valence-corrected chi connectivity index (χ0v) is 8.25. The molecule has 0 saturated carbocycles. The first-order chi connectivity index (χ1) is 6.77. The lowest BCUT2D eigenvalue weighted by atomic mass is 10.3. The summed E-state index contributed by atoms with van der Waals surface area (Å²) >= 11 is 0. The predicted octanol–water partition coefficient (Wildman–Crippen LogP) is 0.633. The number of aryl methyl sites for hydroxylation is 1. The second-order valence-corrected chi connectivity index (χ2v) is 3.45. The molecule has 1 N–H and O–H groups in total. The summed E-state index contributed by atoms with van der Waals surface area (Å²) in [6, 6.07) is 3.55. The Balaban J connectivity index is 2.07. The second kappa shape index (κ2) is 3.84. The van der Waals surface area contributed by atoms with Crippen LogP contribution in [-0.2, 0) is 0 Å². The average molecular weight is 194 g/mol. The van der Waals surface area contributed by atoms with Crippen molar-refractivity contribution in [3.63, 3.8) is 0 Å². The Morgan fingerprint density at radius 3 is 2.71 bits per heavy atom. The normalized spacial score (nSPS) is 17.1. The molecule has 1 fully saturated rings. The van der Waals surface area contributed by atoms with Crippen molar-refractivity contribution >= 4 is 5.91 Å². The molecule has 1 saturated heterocycles. The van der Waals surface area contributed by atoms with E-state index < -0.39 is 0 Å². The fraction of sp³-hybridized carbons (Fsp3) is 0.500. The molecule has 2 heterocycles. The molecular weight excluding hydrogens is 180 g/mol. The van der Waals surface area contributed by atoms with Crippen molar-refractivity contribution in [3.05, 3.63) is 23.7 Å². The Morgan fingerprint density at radius 2 is 2.14 bits per heavy atom. The Morgan fingerprint density at radius 1 is 1.43 bits per heavy atom. The summed E-state index contributed by atoms with van der Waals surface area (Å²) in [5, 5.41) is 3.20. The van der Waals surface area contributed by atoms with Crippen LogP contribution in [0.3, 0.4) is 0 Å². The maximum atomic E-state index is 11.8. The Kier molecular flexibility index (Phi) is 2.54. The summed E-state index contributed by atoms with van der Waals surface area (Å²) in [6.07, 6.45) is 0. The summed E-state index contributed by atoms with van der Waals surface area (Å²) in [5.74, 6) is 1.23. The lowest BCUT2D eigenvalue weighted by Gasteiger charge is -2.26. The molecule has 0 aromatic carbocycles. The highest BCUT2D eigenvalue weighted by Gasteiger charge is 2.20. The maximum Gasteiger partial charge on any atom is 0.289 e. The minimum Gasteiger partial charge on any atom is -0.456 e. The van der Waals surface area contributed by atoms with Gasteiger partial charge in [-0.05, 0) is 19.1 Å². The van der Waals surface area contributed by atoms with Crippen LogP contribution in [0.5, 0.6) is 0 Å². The van der Waals surface area contributed by atoms with E-state index in [1.165, 1.54) is 0 Å². The number of rotatable bonds is 1. The maximum absolute atomic E-state index is 11.8. The summed E-state index contributed by atoms with van der Waals surface area (Å²) in [7, 11) is 0. The van der Waals surface area contributed by atoms with E-state index in [1.54, 1.807) is 6.07 Å². The van der Waals surface area contributed by atoms with E-state index in [1.807, 2.05) is 17.9 Å². The minimum absolute atomic E-state index is 0.000370. The summed E-state index contributed by atoms with van der Waals surface area (Å²) in [4.78, 5) is 13.6. The number of nitrogens with one attached hydrogen (secondary N) is 1. The van der Waals surface area contributed by atoms with Gasteiger partial charge in [0.2, 0.25) is 0 Å². The van der Waals surface area contributed by atoms with Gasteiger partial charge in [0.1, 0.15) is 5.76 Å². The molecule has 4 heteroatoms. The van der Waals surface area contributed by atoms with Gasteiger partial charge >= 0.3 is 0 Å². The van der Waals surface area contributed by atoms with Gasteiger partial charge in [0.15, 0.2) is 5.76 Å². The summed E-state index contributed by atoms with van der Waals surface area (Å²) in [5.41, 5.74) is 0. The molecule has 76 valence electrons. The Bertz CT molecular complexity index is 327. The highest BCUT2D eigenvalue weighted by molar-refractivity contribution is 5.91. The van der Waals surface area contributed by atoms with Crippen molar-refractivity contribution in [1.29, 1.82) is 0 Å². The number of nitrogens with zero attached hydrogens (tertiary/aromatic N) is 1. The minimum atomic E-state index is -0.000370. The molecule has 0 bridgehead atoms. The number of furan rings is 1. The van der Waals surface area contributed by atoms with E-state index in [-0.39, 0.29) is 5.91 Å². The number of hydrogen-bond donors (Lipinski definition) is 1. The van der Waals surface area contributed by atoms with Crippen molar-refractivity contribution in [2.24, 2.45) is 0 Å². The molecule has 1 aliphatic heterocycles. The third-order valence-corrected chi connectivity index (χ3v) is 2.36. The molecule has 0 spiro atoms. The van der Waals surface area contributed by atoms with Gasteiger partial charge in [0.05, 0.1) is 0 Å². The lowest BCUT2D eigenvalue weighted by molar-refractivity contribution is 0.0702. The van der Waals surface area contributed by atoms with Gasteiger partial charge in [-0.1, -0.05) is 0 Å². The van der Waals surface area contributed by atoms with Crippen molar-refractivity contribution in [3.8, 4) is 0 Å². The van der Waals surface area contributed by atoms with Crippen LogP contribution >= 0.6 is 0 Å². The van der Waals surface area contributed by atoms with Gasteiger partial charge in [-0.2, -0.15) is 0 Å². The standard InChI is InChI=1S/C10H14N2O2/c1-8-2-3-9(14-8)10(13)12-6-4-11-5-7-12/h2-3,11H,4-7H2,1H3. The molecular formula is C10H14N2O2. The van der Waals surface area contributed by atoms with Crippen molar-refractivity contribution in [2.75, 3.05) is 26.2 Å². The van der Waals surface area contributed by atoms with Crippen LogP contribution < -0.4 is 5.32 Å². The highest BCUT2D eigenvalue weighted by Crippen LogP contribution is 2.09. The Labute approximate surface area is 82.9 Å². The average Bonchev–Trinajstić information content (AvgIpc) is 2.65. The van der Waals surface area contributed by atoms with Gasteiger partial charge in [0, 0.05) is 26.2 Å². The van der Waals surface area contributed by atoms with Crippen LogP contribution in [0, 0.1) is 6.92 Å². The number of piperazine rings is 1. The zero-order chi connectivity index (χ0) is 9.97. The molecule has 0 unspecified atom stereocenters. The second-order valence-electron chi connectivity index (χ2n) is 3.45. The van der Waals surface area contributed by atoms with Crippen molar-refractivity contribution < 1.29 is 9.21 Å². The fourth-order valence-corrected chi connectivity index (χ4v) is 1.57. The van der Waals surface area contributed by atoms with Crippen LogP contribution in [0.1, 0.15) is 16.3 Å². The smallest absolute Gasteiger partial charge is 0.289 e. The van der Waals surface area contributed by atoms with Crippen molar-refractivity contribution in [2.45, 2.75) is 6.92 Å². The Hall–Kier alpha value is -1.29. The molecule has 1 amide bonds. The van der Waals surface area contributed by atoms with Crippen LogP contribution in [0.25, 0.3) is 0 Å². The topological polar surface area (TPSA) is 45.5 Å². The van der Waals surface area contributed by atoms with Gasteiger partial charge in [-0.3, -0.25) is 4.79 Å². The summed E-state index contributed by atoms with van der Waals surface area (Å²) in [6.45, 7) is 5.10.